The van der Waals surface area contributed by atoms with Crippen LogP contribution in [0, 0.1) is 0 Å². The summed E-state index contributed by atoms with van der Waals surface area (Å²) in [6.45, 7) is 0. The largest absolute Gasteiger partial charge is 0.478 e. The molecule has 0 aliphatic rings. The molecule has 4 N–H and O–H groups in total. The second-order valence-electron chi connectivity index (χ2n) is 4.29. The maximum atomic E-state index is 10.9. The lowest BCUT2D eigenvalue weighted by atomic mass is 10.1. The van der Waals surface area contributed by atoms with Crippen LogP contribution in [0.5, 0.6) is 0 Å². The van der Waals surface area contributed by atoms with Crippen molar-refractivity contribution in [2.75, 3.05) is 11.1 Å². The van der Waals surface area contributed by atoms with Gasteiger partial charge in [-0.3, -0.25) is 0 Å². The molecule has 106 valence electrons. The SMILES string of the molecule is Nc1cc(Nc2c(Cl)ccc3nsnc23)ccc1C(=O)O. The van der Waals surface area contributed by atoms with Crippen molar-refractivity contribution in [3.05, 3.63) is 40.9 Å². The summed E-state index contributed by atoms with van der Waals surface area (Å²) in [5.41, 5.74) is 8.60. The van der Waals surface area contributed by atoms with Gasteiger partial charge >= 0.3 is 5.97 Å². The standard InChI is InChI=1S/C13H9ClN4O2S/c14-8-3-4-10-12(18-21-17-10)11(8)16-6-1-2-7(13(19)20)9(15)5-6/h1-5,16H,15H2,(H,19,20). The van der Waals surface area contributed by atoms with Crippen LogP contribution < -0.4 is 11.1 Å². The first-order valence-electron chi connectivity index (χ1n) is 5.87. The average molecular weight is 321 g/mol. The number of carbonyl (C=O) groups is 1. The highest BCUT2D eigenvalue weighted by Gasteiger charge is 2.12. The van der Waals surface area contributed by atoms with Crippen LogP contribution in [0.25, 0.3) is 11.0 Å². The Hall–Kier alpha value is -2.38. The van der Waals surface area contributed by atoms with Gasteiger partial charge in [0.05, 0.1) is 28.0 Å². The number of fused-ring (bicyclic) bond motifs is 1. The molecule has 0 aliphatic heterocycles. The van der Waals surface area contributed by atoms with E-state index in [9.17, 15) is 4.79 Å². The zero-order valence-electron chi connectivity index (χ0n) is 10.5. The highest BCUT2D eigenvalue weighted by Crippen LogP contribution is 2.33. The normalized spacial score (nSPS) is 10.7. The molecule has 1 aromatic heterocycles. The smallest absolute Gasteiger partial charge is 0.337 e. The third-order valence-corrected chi connectivity index (χ3v) is 3.79. The lowest BCUT2D eigenvalue weighted by Crippen LogP contribution is -2.03. The number of nitrogen functional groups attached to an aromatic ring is 1. The van der Waals surface area contributed by atoms with Gasteiger partial charge < -0.3 is 16.2 Å². The quantitative estimate of drug-likeness (QED) is 0.640. The fourth-order valence-electron chi connectivity index (χ4n) is 1.93. The predicted molar refractivity (Wildman–Crippen MR) is 83.5 cm³/mol. The molecular formula is C13H9ClN4O2S. The van der Waals surface area contributed by atoms with Gasteiger partial charge in [0.25, 0.3) is 0 Å². The molecule has 21 heavy (non-hydrogen) atoms. The lowest BCUT2D eigenvalue weighted by molar-refractivity contribution is 0.0698. The Kier molecular flexibility index (Phi) is 3.36. The third-order valence-electron chi connectivity index (χ3n) is 2.93. The number of carboxylic acids is 1. The molecule has 0 saturated carbocycles. The van der Waals surface area contributed by atoms with Crippen LogP contribution >= 0.6 is 23.3 Å². The molecule has 2 aromatic carbocycles. The number of hydrogen-bond acceptors (Lipinski definition) is 6. The van der Waals surface area contributed by atoms with E-state index in [1.54, 1.807) is 24.3 Å². The molecule has 0 spiro atoms. The number of carboxylic acid groups (broad SMARTS) is 1. The summed E-state index contributed by atoms with van der Waals surface area (Å²) in [5, 5.41) is 12.6. The minimum absolute atomic E-state index is 0.0557. The van der Waals surface area contributed by atoms with Crippen molar-refractivity contribution in [2.24, 2.45) is 0 Å². The average Bonchev–Trinajstić information content (AvgIpc) is 2.90. The van der Waals surface area contributed by atoms with E-state index in [2.05, 4.69) is 14.1 Å². The Bertz CT molecular complexity index is 849. The van der Waals surface area contributed by atoms with E-state index >= 15 is 0 Å². The molecule has 0 atom stereocenters. The Balaban J connectivity index is 2.03. The number of aromatic nitrogens is 2. The minimum Gasteiger partial charge on any atom is -0.478 e. The van der Waals surface area contributed by atoms with E-state index in [4.69, 9.17) is 22.4 Å². The van der Waals surface area contributed by atoms with Crippen molar-refractivity contribution < 1.29 is 9.90 Å². The van der Waals surface area contributed by atoms with Crippen LogP contribution in [0.3, 0.4) is 0 Å². The number of rotatable bonds is 3. The predicted octanol–water partition coefficient (Wildman–Crippen LogP) is 3.37. The van der Waals surface area contributed by atoms with Crippen LogP contribution in [-0.4, -0.2) is 19.8 Å². The topological polar surface area (TPSA) is 101 Å². The molecule has 1 heterocycles. The third kappa shape index (κ3) is 2.48. The summed E-state index contributed by atoms with van der Waals surface area (Å²) in [5.74, 6) is -1.07. The minimum atomic E-state index is -1.07. The monoisotopic (exact) mass is 320 g/mol. The Morgan fingerprint density at radius 3 is 2.81 bits per heavy atom. The second kappa shape index (κ2) is 5.19. The van der Waals surface area contributed by atoms with Gasteiger partial charge in [0.2, 0.25) is 0 Å². The van der Waals surface area contributed by atoms with Crippen molar-refractivity contribution in [1.29, 1.82) is 0 Å². The fourth-order valence-corrected chi connectivity index (χ4v) is 2.67. The number of halogens is 1. The Labute approximate surface area is 128 Å². The first kappa shape index (κ1) is 13.6. The molecule has 0 fully saturated rings. The molecule has 0 unspecified atom stereocenters. The van der Waals surface area contributed by atoms with E-state index in [1.807, 2.05) is 0 Å². The van der Waals surface area contributed by atoms with E-state index in [1.165, 1.54) is 6.07 Å². The number of nitrogens with zero attached hydrogens (tertiary/aromatic N) is 2. The highest BCUT2D eigenvalue weighted by atomic mass is 35.5. The molecule has 3 aromatic rings. The lowest BCUT2D eigenvalue weighted by Gasteiger charge is -2.10. The summed E-state index contributed by atoms with van der Waals surface area (Å²) in [6, 6.07) is 8.11. The van der Waals surface area contributed by atoms with Crippen molar-refractivity contribution in [2.45, 2.75) is 0 Å². The Morgan fingerprint density at radius 2 is 2.10 bits per heavy atom. The highest BCUT2D eigenvalue weighted by molar-refractivity contribution is 7.00. The second-order valence-corrected chi connectivity index (χ2v) is 5.22. The van der Waals surface area contributed by atoms with Crippen LogP contribution in [0.1, 0.15) is 10.4 Å². The van der Waals surface area contributed by atoms with Crippen molar-refractivity contribution in [1.82, 2.24) is 8.75 Å². The van der Waals surface area contributed by atoms with E-state index in [-0.39, 0.29) is 11.3 Å². The van der Waals surface area contributed by atoms with Gasteiger partial charge in [0.15, 0.2) is 0 Å². The van der Waals surface area contributed by atoms with Gasteiger partial charge in [-0.15, -0.1) is 0 Å². The molecule has 0 radical (unpaired) electrons. The summed E-state index contributed by atoms with van der Waals surface area (Å²) in [6.07, 6.45) is 0. The van der Waals surface area contributed by atoms with Crippen molar-refractivity contribution >= 4 is 57.4 Å². The molecule has 6 nitrogen and oxygen atoms in total. The first-order valence-corrected chi connectivity index (χ1v) is 6.97. The van der Waals surface area contributed by atoms with E-state index < -0.39 is 5.97 Å². The van der Waals surface area contributed by atoms with Gasteiger partial charge in [-0.05, 0) is 30.3 Å². The summed E-state index contributed by atoms with van der Waals surface area (Å²) < 4.78 is 8.35. The maximum Gasteiger partial charge on any atom is 0.337 e. The van der Waals surface area contributed by atoms with Crippen LogP contribution in [0.15, 0.2) is 30.3 Å². The molecule has 0 bridgehead atoms. The molecule has 0 saturated heterocycles. The number of nitrogens with two attached hydrogens (primary N) is 1. The van der Waals surface area contributed by atoms with Crippen LogP contribution in [0.4, 0.5) is 17.1 Å². The first-order chi connectivity index (χ1) is 10.1. The van der Waals surface area contributed by atoms with E-state index in [0.717, 1.165) is 17.2 Å². The number of hydrogen-bond donors (Lipinski definition) is 3. The van der Waals surface area contributed by atoms with Gasteiger partial charge in [-0.25, -0.2) is 4.79 Å². The zero-order valence-corrected chi connectivity index (χ0v) is 12.1. The molecular weight excluding hydrogens is 312 g/mol. The fraction of sp³-hybridized carbons (Fsp3) is 0. The van der Waals surface area contributed by atoms with Crippen molar-refractivity contribution in [3.8, 4) is 0 Å². The van der Waals surface area contributed by atoms with Crippen molar-refractivity contribution in [3.63, 3.8) is 0 Å². The maximum absolute atomic E-state index is 10.9. The summed E-state index contributed by atoms with van der Waals surface area (Å²) in [4.78, 5) is 10.9. The molecule has 0 amide bonds. The molecule has 8 heteroatoms. The van der Waals surface area contributed by atoms with E-state index in [0.29, 0.717) is 21.9 Å². The van der Waals surface area contributed by atoms with Gasteiger partial charge in [0.1, 0.15) is 11.0 Å². The number of benzene rings is 2. The van der Waals surface area contributed by atoms with Gasteiger partial charge in [-0.1, -0.05) is 11.6 Å². The summed E-state index contributed by atoms with van der Waals surface area (Å²) >= 11 is 7.28. The number of nitrogens with one attached hydrogen (secondary N) is 1. The summed E-state index contributed by atoms with van der Waals surface area (Å²) in [7, 11) is 0. The van der Waals surface area contributed by atoms with Gasteiger partial charge in [-0.2, -0.15) is 8.75 Å². The number of aromatic carboxylic acids is 1. The van der Waals surface area contributed by atoms with Gasteiger partial charge in [0, 0.05) is 11.4 Å². The zero-order chi connectivity index (χ0) is 15.0. The van der Waals surface area contributed by atoms with Crippen LogP contribution in [0.2, 0.25) is 5.02 Å². The molecule has 3 rings (SSSR count). The molecule has 0 aliphatic carbocycles. The Morgan fingerprint density at radius 1 is 1.29 bits per heavy atom. The van der Waals surface area contributed by atoms with Crippen LogP contribution in [-0.2, 0) is 0 Å². The number of anilines is 3.